The van der Waals surface area contributed by atoms with Crippen LogP contribution in [0.2, 0.25) is 0 Å². The summed E-state index contributed by atoms with van der Waals surface area (Å²) in [6, 6.07) is 13.5. The number of piperidine rings is 1. The second-order valence-corrected chi connectivity index (χ2v) is 10.1. The van der Waals surface area contributed by atoms with Crippen LogP contribution in [0.4, 0.5) is 5.82 Å². The fraction of sp³-hybridized carbons (Fsp3) is 0.310. The van der Waals surface area contributed by atoms with Crippen LogP contribution in [0.1, 0.15) is 57.5 Å². The molecule has 192 valence electrons. The molecule has 1 amide bonds. The first kappa shape index (κ1) is 24.1. The van der Waals surface area contributed by atoms with E-state index in [0.717, 1.165) is 37.7 Å². The highest BCUT2D eigenvalue weighted by molar-refractivity contribution is 5.96. The maximum Gasteiger partial charge on any atom is 0.248 e. The minimum absolute atomic E-state index is 0.0499. The first-order valence-corrected chi connectivity index (χ1v) is 12.7. The molecule has 1 saturated heterocycles. The largest absolute Gasteiger partial charge is 0.390 e. The number of hydrogen-bond acceptors (Lipinski definition) is 8. The third-order valence-electron chi connectivity index (χ3n) is 7.93. The van der Waals surface area contributed by atoms with Gasteiger partial charge in [0.25, 0.3) is 0 Å². The number of fused-ring (bicyclic) bond motifs is 2. The number of aliphatic hydroxyl groups excluding tert-OH is 1. The van der Waals surface area contributed by atoms with Crippen molar-refractivity contribution in [3.8, 4) is 11.8 Å². The molecule has 2 aliphatic rings. The summed E-state index contributed by atoms with van der Waals surface area (Å²) < 4.78 is 5.32. The van der Waals surface area contributed by atoms with Gasteiger partial charge in [0.2, 0.25) is 5.91 Å². The Bertz CT molecular complexity index is 1590. The smallest absolute Gasteiger partial charge is 0.248 e. The first-order chi connectivity index (χ1) is 18.5. The number of carbonyl (C=O) groups is 1. The number of aromatic nitrogens is 3. The predicted octanol–water partition coefficient (Wildman–Crippen LogP) is 2.65. The summed E-state index contributed by atoms with van der Waals surface area (Å²) >= 11 is 0. The number of primary amides is 1. The lowest BCUT2D eigenvalue weighted by atomic mass is 9.73. The normalized spacial score (nSPS) is 17.8. The molecule has 1 aliphatic carbocycles. The fourth-order valence-corrected chi connectivity index (χ4v) is 5.81. The lowest BCUT2D eigenvalue weighted by Crippen LogP contribution is -2.45. The van der Waals surface area contributed by atoms with Crippen molar-refractivity contribution < 1.29 is 14.4 Å². The molecule has 9 heteroatoms. The molecule has 0 saturated carbocycles. The molecule has 38 heavy (non-hydrogen) atoms. The van der Waals surface area contributed by atoms with Gasteiger partial charge in [-0.1, -0.05) is 35.3 Å². The first-order valence-electron chi connectivity index (χ1n) is 12.7. The minimum atomic E-state index is -0.525. The van der Waals surface area contributed by atoms with Crippen LogP contribution in [0.3, 0.4) is 0 Å². The topological polar surface area (TPSA) is 144 Å². The summed E-state index contributed by atoms with van der Waals surface area (Å²) in [5, 5.41) is 14.9. The Kier molecular flexibility index (Phi) is 6.06. The zero-order valence-electron chi connectivity index (χ0n) is 20.9. The standard InChI is InChI=1S/C29H28N6O3/c30-26-21-6-2-1-4-19(21)15-29(26)10-12-35(13-11-29)28-24(17-36)33-20(16-32-28)5-3-7-23-22-9-8-18(27(31)37)14-25(22)38-34-23/h1-2,4,6,8-9,14,16,26,36H,7,10-13,15,17,30H2,(H2,31,37)/t26-/m1/s1. The molecule has 1 atom stereocenters. The van der Waals surface area contributed by atoms with Crippen LogP contribution in [0.5, 0.6) is 0 Å². The van der Waals surface area contributed by atoms with E-state index < -0.39 is 5.91 Å². The van der Waals surface area contributed by atoms with E-state index >= 15 is 0 Å². The number of benzene rings is 2. The Morgan fingerprint density at radius 3 is 2.76 bits per heavy atom. The van der Waals surface area contributed by atoms with Crippen LogP contribution in [-0.4, -0.2) is 39.2 Å². The molecule has 4 aromatic rings. The zero-order chi connectivity index (χ0) is 26.3. The van der Waals surface area contributed by atoms with Crippen molar-refractivity contribution in [2.45, 2.75) is 38.3 Å². The van der Waals surface area contributed by atoms with Gasteiger partial charge in [0, 0.05) is 30.1 Å². The summed E-state index contributed by atoms with van der Waals surface area (Å²) in [6.07, 6.45) is 4.91. The molecular formula is C29H28N6O3. The van der Waals surface area contributed by atoms with Gasteiger partial charge in [-0.3, -0.25) is 4.79 Å². The Morgan fingerprint density at radius 1 is 1.18 bits per heavy atom. The average molecular weight is 509 g/mol. The maximum atomic E-state index is 11.4. The molecule has 2 aromatic carbocycles. The van der Waals surface area contributed by atoms with E-state index in [-0.39, 0.29) is 18.1 Å². The lowest BCUT2D eigenvalue weighted by Gasteiger charge is -2.42. The van der Waals surface area contributed by atoms with E-state index in [0.29, 0.717) is 40.5 Å². The van der Waals surface area contributed by atoms with E-state index in [1.165, 1.54) is 11.1 Å². The van der Waals surface area contributed by atoms with Gasteiger partial charge in [-0.2, -0.15) is 0 Å². The summed E-state index contributed by atoms with van der Waals surface area (Å²) in [4.78, 5) is 22.8. The average Bonchev–Trinajstić information content (AvgIpc) is 3.47. The molecule has 5 N–H and O–H groups in total. The highest BCUT2D eigenvalue weighted by atomic mass is 16.5. The van der Waals surface area contributed by atoms with Crippen molar-refractivity contribution >= 4 is 22.7 Å². The lowest BCUT2D eigenvalue weighted by molar-refractivity contribution is 0.1000. The third-order valence-corrected chi connectivity index (χ3v) is 7.93. The third kappa shape index (κ3) is 4.18. The number of nitrogens with zero attached hydrogens (tertiary/aromatic N) is 4. The summed E-state index contributed by atoms with van der Waals surface area (Å²) in [7, 11) is 0. The molecule has 1 fully saturated rings. The number of aliphatic hydroxyl groups is 1. The number of amides is 1. The van der Waals surface area contributed by atoms with E-state index in [1.807, 2.05) is 0 Å². The maximum absolute atomic E-state index is 11.4. The molecule has 0 bridgehead atoms. The Morgan fingerprint density at radius 2 is 2.00 bits per heavy atom. The number of anilines is 1. The second-order valence-electron chi connectivity index (χ2n) is 10.1. The monoisotopic (exact) mass is 508 g/mol. The molecule has 2 aromatic heterocycles. The molecule has 1 aliphatic heterocycles. The predicted molar refractivity (Wildman–Crippen MR) is 142 cm³/mol. The van der Waals surface area contributed by atoms with Gasteiger partial charge in [0.15, 0.2) is 11.4 Å². The molecule has 9 nitrogen and oxygen atoms in total. The van der Waals surface area contributed by atoms with Crippen LogP contribution in [0.25, 0.3) is 11.0 Å². The van der Waals surface area contributed by atoms with Crippen LogP contribution in [0.15, 0.2) is 53.2 Å². The van der Waals surface area contributed by atoms with E-state index in [9.17, 15) is 9.90 Å². The molecule has 0 radical (unpaired) electrons. The highest BCUT2D eigenvalue weighted by Gasteiger charge is 2.46. The Hall–Kier alpha value is -4.26. The van der Waals surface area contributed by atoms with Crippen LogP contribution < -0.4 is 16.4 Å². The van der Waals surface area contributed by atoms with Gasteiger partial charge in [0.05, 0.1) is 19.2 Å². The highest BCUT2D eigenvalue weighted by Crippen LogP contribution is 2.51. The summed E-state index contributed by atoms with van der Waals surface area (Å²) in [5.74, 6) is 6.24. The van der Waals surface area contributed by atoms with Crippen LogP contribution >= 0.6 is 0 Å². The van der Waals surface area contributed by atoms with Gasteiger partial charge in [-0.15, -0.1) is 0 Å². The zero-order valence-corrected chi connectivity index (χ0v) is 20.9. The Labute approximate surface area is 219 Å². The summed E-state index contributed by atoms with van der Waals surface area (Å²) in [5.41, 5.74) is 17.2. The van der Waals surface area contributed by atoms with Gasteiger partial charge in [-0.25, -0.2) is 9.97 Å². The fourth-order valence-electron chi connectivity index (χ4n) is 5.81. The molecule has 3 heterocycles. The number of hydrogen-bond donors (Lipinski definition) is 3. The molecular weight excluding hydrogens is 480 g/mol. The molecule has 6 rings (SSSR count). The minimum Gasteiger partial charge on any atom is -0.390 e. The van der Waals surface area contributed by atoms with E-state index in [4.69, 9.17) is 16.0 Å². The summed E-state index contributed by atoms with van der Waals surface area (Å²) in [6.45, 7) is 1.40. The van der Waals surface area contributed by atoms with Crippen LogP contribution in [0, 0.1) is 17.3 Å². The quantitative estimate of drug-likeness (QED) is 0.357. The van der Waals surface area contributed by atoms with Crippen LogP contribution in [-0.2, 0) is 19.4 Å². The number of carbonyl (C=O) groups excluding carboxylic acids is 1. The van der Waals surface area contributed by atoms with Crippen molar-refractivity contribution in [1.29, 1.82) is 0 Å². The van der Waals surface area contributed by atoms with Crippen molar-refractivity contribution in [2.75, 3.05) is 18.0 Å². The number of rotatable bonds is 4. The van der Waals surface area contributed by atoms with Crippen molar-refractivity contribution in [2.24, 2.45) is 16.9 Å². The second kappa shape index (κ2) is 9.56. The van der Waals surface area contributed by atoms with Gasteiger partial charge in [-0.05, 0) is 59.9 Å². The van der Waals surface area contributed by atoms with E-state index in [1.54, 1.807) is 24.4 Å². The van der Waals surface area contributed by atoms with Crippen molar-refractivity contribution in [1.82, 2.24) is 15.1 Å². The van der Waals surface area contributed by atoms with Gasteiger partial charge < -0.3 is 26.0 Å². The van der Waals surface area contributed by atoms with Crippen molar-refractivity contribution in [3.63, 3.8) is 0 Å². The Balaban J connectivity index is 1.14. The van der Waals surface area contributed by atoms with Crippen molar-refractivity contribution in [3.05, 3.63) is 82.4 Å². The molecule has 0 unspecified atom stereocenters. The molecule has 1 spiro atoms. The van der Waals surface area contributed by atoms with Gasteiger partial charge in [0.1, 0.15) is 17.1 Å². The van der Waals surface area contributed by atoms with E-state index in [2.05, 4.69) is 56.1 Å². The van der Waals surface area contributed by atoms with Gasteiger partial charge >= 0.3 is 0 Å². The number of nitrogens with two attached hydrogens (primary N) is 2. The SMILES string of the molecule is NC(=O)c1ccc2c(CC#Cc3cnc(N4CCC5(CC4)Cc4ccccc4[C@H]5N)c(CO)n3)noc2c1.